The molecule has 1 amide bonds. The van der Waals surface area contributed by atoms with Gasteiger partial charge >= 0.3 is 0 Å². The average Bonchev–Trinajstić information content (AvgIpc) is 2.34. The highest BCUT2D eigenvalue weighted by Gasteiger charge is 2.02. The minimum absolute atomic E-state index is 0.0643. The fourth-order valence-electron chi connectivity index (χ4n) is 0.912. The molecule has 0 radical (unpaired) electrons. The maximum Gasteiger partial charge on any atom is 0.240 e. The molecule has 1 aromatic heterocycles. The Morgan fingerprint density at radius 1 is 1.69 bits per heavy atom. The maximum atomic E-state index is 11.2. The number of carbonyl (C=O) groups excluding carboxylic acids is 1. The summed E-state index contributed by atoms with van der Waals surface area (Å²) < 4.78 is 4.91. The number of hydrogen-bond donors (Lipinski definition) is 2. The minimum atomic E-state index is -0.218. The molecule has 0 aliphatic rings. The smallest absolute Gasteiger partial charge is 0.240 e. The number of rotatable bonds is 5. The SMILES string of the molecule is C#CCNC(=O)CNc1nccc(OC)n1. The van der Waals surface area contributed by atoms with E-state index in [4.69, 9.17) is 11.2 Å². The van der Waals surface area contributed by atoms with Gasteiger partial charge in [0.25, 0.3) is 0 Å². The fourth-order valence-corrected chi connectivity index (χ4v) is 0.912. The van der Waals surface area contributed by atoms with Crippen LogP contribution in [0.15, 0.2) is 12.3 Å². The molecule has 0 aromatic carbocycles. The van der Waals surface area contributed by atoms with Gasteiger partial charge in [-0.1, -0.05) is 5.92 Å². The van der Waals surface area contributed by atoms with Crippen molar-refractivity contribution in [3.8, 4) is 18.2 Å². The molecule has 84 valence electrons. The summed E-state index contributed by atoms with van der Waals surface area (Å²) in [5.74, 6) is 2.85. The van der Waals surface area contributed by atoms with Gasteiger partial charge in [-0.2, -0.15) is 4.98 Å². The molecule has 0 fully saturated rings. The molecule has 0 aliphatic heterocycles. The number of nitrogens with one attached hydrogen (secondary N) is 2. The Morgan fingerprint density at radius 2 is 2.50 bits per heavy atom. The van der Waals surface area contributed by atoms with Crippen LogP contribution in [0, 0.1) is 12.3 Å². The monoisotopic (exact) mass is 220 g/mol. The van der Waals surface area contributed by atoms with E-state index in [-0.39, 0.29) is 19.0 Å². The zero-order chi connectivity index (χ0) is 11.8. The minimum Gasteiger partial charge on any atom is -0.481 e. The van der Waals surface area contributed by atoms with Crippen LogP contribution in [0.4, 0.5) is 5.95 Å². The summed E-state index contributed by atoms with van der Waals surface area (Å²) in [5.41, 5.74) is 0. The summed E-state index contributed by atoms with van der Waals surface area (Å²) >= 11 is 0. The number of anilines is 1. The zero-order valence-corrected chi connectivity index (χ0v) is 8.86. The number of carbonyl (C=O) groups is 1. The van der Waals surface area contributed by atoms with Gasteiger partial charge in [-0.3, -0.25) is 4.79 Å². The topological polar surface area (TPSA) is 76.1 Å². The molecular weight excluding hydrogens is 208 g/mol. The van der Waals surface area contributed by atoms with Crippen LogP contribution in [0.3, 0.4) is 0 Å². The first-order valence-electron chi connectivity index (χ1n) is 4.57. The van der Waals surface area contributed by atoms with E-state index < -0.39 is 0 Å². The average molecular weight is 220 g/mol. The summed E-state index contributed by atoms with van der Waals surface area (Å²) in [6.45, 7) is 0.272. The molecule has 6 nitrogen and oxygen atoms in total. The first-order valence-corrected chi connectivity index (χ1v) is 4.57. The molecule has 0 atom stereocenters. The summed E-state index contributed by atoms with van der Waals surface area (Å²) in [7, 11) is 1.51. The van der Waals surface area contributed by atoms with Crippen molar-refractivity contribution >= 4 is 11.9 Å². The maximum absolute atomic E-state index is 11.2. The number of amides is 1. The van der Waals surface area contributed by atoms with Crippen molar-refractivity contribution in [3.63, 3.8) is 0 Å². The molecule has 1 rings (SSSR count). The lowest BCUT2D eigenvalue weighted by atomic mass is 10.5. The van der Waals surface area contributed by atoms with Crippen LogP contribution < -0.4 is 15.4 Å². The number of hydrogen-bond acceptors (Lipinski definition) is 5. The quantitative estimate of drug-likeness (QED) is 0.663. The second-order valence-corrected chi connectivity index (χ2v) is 2.76. The lowest BCUT2D eigenvalue weighted by molar-refractivity contribution is -0.119. The van der Waals surface area contributed by atoms with Crippen molar-refractivity contribution in [2.45, 2.75) is 0 Å². The Morgan fingerprint density at radius 3 is 3.19 bits per heavy atom. The zero-order valence-electron chi connectivity index (χ0n) is 8.86. The highest BCUT2D eigenvalue weighted by atomic mass is 16.5. The molecule has 1 aromatic rings. The molecule has 6 heteroatoms. The van der Waals surface area contributed by atoms with E-state index in [0.29, 0.717) is 11.8 Å². The van der Waals surface area contributed by atoms with Crippen molar-refractivity contribution in [1.82, 2.24) is 15.3 Å². The third-order valence-electron chi connectivity index (χ3n) is 1.63. The molecular formula is C10H12N4O2. The molecule has 0 aliphatic carbocycles. The Balaban J connectivity index is 2.42. The third-order valence-corrected chi connectivity index (χ3v) is 1.63. The van der Waals surface area contributed by atoms with E-state index >= 15 is 0 Å². The lowest BCUT2D eigenvalue weighted by Gasteiger charge is -2.05. The molecule has 0 bridgehead atoms. The van der Waals surface area contributed by atoms with E-state index in [1.807, 2.05) is 0 Å². The highest BCUT2D eigenvalue weighted by Crippen LogP contribution is 2.06. The van der Waals surface area contributed by atoms with Crippen molar-refractivity contribution in [1.29, 1.82) is 0 Å². The van der Waals surface area contributed by atoms with Crippen molar-refractivity contribution in [2.75, 3.05) is 25.5 Å². The van der Waals surface area contributed by atoms with Crippen LogP contribution in [0.5, 0.6) is 5.88 Å². The molecule has 16 heavy (non-hydrogen) atoms. The van der Waals surface area contributed by atoms with Gasteiger partial charge in [0.05, 0.1) is 20.2 Å². The predicted molar refractivity (Wildman–Crippen MR) is 58.9 cm³/mol. The van der Waals surface area contributed by atoms with Gasteiger partial charge in [-0.25, -0.2) is 4.98 Å². The molecule has 2 N–H and O–H groups in total. The van der Waals surface area contributed by atoms with Crippen LogP contribution in [-0.4, -0.2) is 36.1 Å². The second-order valence-electron chi connectivity index (χ2n) is 2.76. The van der Waals surface area contributed by atoms with Crippen molar-refractivity contribution in [2.24, 2.45) is 0 Å². The second kappa shape index (κ2) is 6.24. The standard InChI is InChI=1S/C10H12N4O2/c1-3-5-11-8(15)7-13-10-12-6-4-9(14-10)16-2/h1,4,6H,5,7H2,2H3,(H,11,15)(H,12,13,14). The Labute approximate surface area is 93.4 Å². The van der Waals surface area contributed by atoms with Gasteiger partial charge in [0.2, 0.25) is 17.7 Å². The van der Waals surface area contributed by atoms with Crippen LogP contribution in [-0.2, 0) is 4.79 Å². The number of methoxy groups -OCH3 is 1. The number of nitrogens with zero attached hydrogens (tertiary/aromatic N) is 2. The van der Waals surface area contributed by atoms with E-state index in [0.717, 1.165) is 0 Å². The molecule has 0 saturated heterocycles. The van der Waals surface area contributed by atoms with Gasteiger partial charge in [-0.15, -0.1) is 6.42 Å². The Hall–Kier alpha value is -2.29. The van der Waals surface area contributed by atoms with Gasteiger partial charge in [0.15, 0.2) is 0 Å². The van der Waals surface area contributed by atoms with Gasteiger partial charge in [0, 0.05) is 12.3 Å². The molecule has 0 unspecified atom stereocenters. The van der Waals surface area contributed by atoms with Crippen LogP contribution in [0.25, 0.3) is 0 Å². The predicted octanol–water partition coefficient (Wildman–Crippen LogP) is -0.354. The first kappa shape index (κ1) is 11.8. The normalized spacial score (nSPS) is 9.00. The van der Waals surface area contributed by atoms with Crippen molar-refractivity contribution < 1.29 is 9.53 Å². The molecule has 1 heterocycles. The number of ether oxygens (including phenoxy) is 1. The fraction of sp³-hybridized carbons (Fsp3) is 0.300. The Kier molecular flexibility index (Phi) is 4.60. The molecule has 0 saturated carbocycles. The van der Waals surface area contributed by atoms with E-state index in [2.05, 4.69) is 26.5 Å². The summed E-state index contributed by atoms with van der Waals surface area (Å²) in [5, 5.41) is 5.25. The molecule has 0 spiro atoms. The summed E-state index contributed by atoms with van der Waals surface area (Å²) in [6, 6.07) is 1.61. The van der Waals surface area contributed by atoms with Gasteiger partial charge in [-0.05, 0) is 0 Å². The highest BCUT2D eigenvalue weighted by molar-refractivity contribution is 5.80. The van der Waals surface area contributed by atoms with Gasteiger partial charge in [0.1, 0.15) is 0 Å². The largest absolute Gasteiger partial charge is 0.481 e. The first-order chi connectivity index (χ1) is 7.76. The van der Waals surface area contributed by atoms with Crippen LogP contribution in [0.2, 0.25) is 0 Å². The summed E-state index contributed by atoms with van der Waals surface area (Å²) in [6.07, 6.45) is 6.53. The third kappa shape index (κ3) is 3.84. The number of aromatic nitrogens is 2. The van der Waals surface area contributed by atoms with Crippen LogP contribution in [0.1, 0.15) is 0 Å². The summed E-state index contributed by atoms with van der Waals surface area (Å²) in [4.78, 5) is 19.1. The van der Waals surface area contributed by atoms with E-state index in [1.165, 1.54) is 13.3 Å². The van der Waals surface area contributed by atoms with Gasteiger partial charge < -0.3 is 15.4 Å². The Bertz CT molecular complexity index is 400. The van der Waals surface area contributed by atoms with E-state index in [1.54, 1.807) is 6.07 Å². The number of terminal acetylenes is 1. The van der Waals surface area contributed by atoms with Crippen molar-refractivity contribution in [3.05, 3.63) is 12.3 Å². The van der Waals surface area contributed by atoms with E-state index in [9.17, 15) is 4.79 Å². The van der Waals surface area contributed by atoms with Crippen LogP contribution >= 0.6 is 0 Å². The lowest BCUT2D eigenvalue weighted by Crippen LogP contribution is -2.30.